The molecule has 2 fully saturated rings. The molecule has 7 unspecified atom stereocenters. The van der Waals surface area contributed by atoms with Gasteiger partial charge in [0.25, 0.3) is 0 Å². The molecule has 1 heterocycles. The van der Waals surface area contributed by atoms with Crippen molar-refractivity contribution in [1.82, 2.24) is 4.98 Å². The quantitative estimate of drug-likeness (QED) is 0.413. The zero-order valence-corrected chi connectivity index (χ0v) is 20.6. The number of aliphatic hydroxyl groups is 2. The lowest BCUT2D eigenvalue weighted by molar-refractivity contribution is -0.0414. The van der Waals surface area contributed by atoms with Crippen LogP contribution in [0.2, 0.25) is 0 Å². The summed E-state index contributed by atoms with van der Waals surface area (Å²) in [5, 5.41) is 20.7. The van der Waals surface area contributed by atoms with Crippen molar-refractivity contribution < 1.29 is 10.2 Å². The highest BCUT2D eigenvalue weighted by molar-refractivity contribution is 5.23. The second kappa shape index (κ2) is 9.97. The molecular weight excluding hydrogens is 394 g/mol. The standard InChI is InChI=1S/C29H45NO2/c1-4-5-16-28(2)23(20-31)11-13-24-25-14-12-22(29(25,3)17-15-26(24)28)9-6-10-27(32)21-8-7-18-30-19-21/h7-8,11,18-19,22,24-27,31-32H,4-6,9-10,12-17,20H2,1-3H3. The molecule has 0 amide bonds. The van der Waals surface area contributed by atoms with E-state index in [2.05, 4.69) is 31.8 Å². The molecule has 0 aromatic carbocycles. The number of allylic oxidation sites excluding steroid dienone is 1. The summed E-state index contributed by atoms with van der Waals surface area (Å²) < 4.78 is 0. The van der Waals surface area contributed by atoms with E-state index in [1.54, 1.807) is 12.4 Å². The van der Waals surface area contributed by atoms with Gasteiger partial charge in [0, 0.05) is 12.4 Å². The molecule has 0 aliphatic heterocycles. The van der Waals surface area contributed by atoms with E-state index in [9.17, 15) is 10.2 Å². The first-order valence-corrected chi connectivity index (χ1v) is 13.3. The predicted octanol–water partition coefficient (Wildman–Crippen LogP) is 6.86. The van der Waals surface area contributed by atoms with E-state index in [0.717, 1.165) is 42.1 Å². The molecule has 0 radical (unpaired) electrons. The van der Waals surface area contributed by atoms with Gasteiger partial charge in [-0.2, -0.15) is 0 Å². The van der Waals surface area contributed by atoms with E-state index < -0.39 is 0 Å². The summed E-state index contributed by atoms with van der Waals surface area (Å²) in [5.41, 5.74) is 2.93. The smallest absolute Gasteiger partial charge is 0.0804 e. The Kier molecular flexibility index (Phi) is 7.46. The van der Waals surface area contributed by atoms with Gasteiger partial charge in [-0.3, -0.25) is 4.98 Å². The van der Waals surface area contributed by atoms with E-state index in [4.69, 9.17) is 0 Å². The van der Waals surface area contributed by atoms with Gasteiger partial charge < -0.3 is 10.2 Å². The summed E-state index contributed by atoms with van der Waals surface area (Å²) in [5.74, 6) is 3.15. The number of aliphatic hydroxyl groups excluding tert-OH is 2. The number of pyridine rings is 1. The Labute approximate surface area is 195 Å². The maximum Gasteiger partial charge on any atom is 0.0804 e. The fraction of sp³-hybridized carbons (Fsp3) is 0.759. The minimum absolute atomic E-state index is 0.195. The molecule has 3 heteroatoms. The maximum absolute atomic E-state index is 10.6. The van der Waals surface area contributed by atoms with Crippen LogP contribution in [0.5, 0.6) is 0 Å². The number of hydrogen-bond donors (Lipinski definition) is 2. The molecule has 1 aromatic heterocycles. The highest BCUT2D eigenvalue weighted by atomic mass is 16.3. The summed E-state index contributed by atoms with van der Waals surface area (Å²) in [6.45, 7) is 7.60. The Morgan fingerprint density at radius 3 is 2.72 bits per heavy atom. The van der Waals surface area contributed by atoms with Gasteiger partial charge in [0.05, 0.1) is 12.7 Å². The molecule has 0 bridgehead atoms. The molecule has 2 saturated carbocycles. The third kappa shape index (κ3) is 4.32. The van der Waals surface area contributed by atoms with Crippen molar-refractivity contribution in [3.63, 3.8) is 0 Å². The van der Waals surface area contributed by atoms with Crippen LogP contribution in [-0.2, 0) is 0 Å². The van der Waals surface area contributed by atoms with Crippen molar-refractivity contribution >= 4 is 0 Å². The molecule has 0 saturated heterocycles. The minimum Gasteiger partial charge on any atom is -0.392 e. The Morgan fingerprint density at radius 2 is 2.00 bits per heavy atom. The fourth-order valence-electron chi connectivity index (χ4n) is 8.17. The molecule has 178 valence electrons. The maximum atomic E-state index is 10.6. The first-order valence-electron chi connectivity index (χ1n) is 13.3. The van der Waals surface area contributed by atoms with Crippen LogP contribution < -0.4 is 0 Å². The van der Waals surface area contributed by atoms with Gasteiger partial charge in [-0.05, 0) is 103 Å². The lowest BCUT2D eigenvalue weighted by Gasteiger charge is -2.56. The second-order valence-electron chi connectivity index (χ2n) is 11.6. The second-order valence-corrected chi connectivity index (χ2v) is 11.6. The molecule has 32 heavy (non-hydrogen) atoms. The van der Waals surface area contributed by atoms with E-state index in [1.807, 2.05) is 12.1 Å². The van der Waals surface area contributed by atoms with Crippen molar-refractivity contribution in [1.29, 1.82) is 0 Å². The first-order chi connectivity index (χ1) is 15.4. The number of aromatic nitrogens is 1. The topological polar surface area (TPSA) is 53.4 Å². The van der Waals surface area contributed by atoms with Crippen LogP contribution in [0.1, 0.15) is 103 Å². The lowest BCUT2D eigenvalue weighted by Crippen LogP contribution is -2.49. The third-order valence-corrected chi connectivity index (χ3v) is 10.1. The van der Waals surface area contributed by atoms with Gasteiger partial charge in [0.2, 0.25) is 0 Å². The number of unbranched alkanes of at least 4 members (excludes halogenated alkanes) is 1. The van der Waals surface area contributed by atoms with Gasteiger partial charge in [0.1, 0.15) is 0 Å². The summed E-state index contributed by atoms with van der Waals surface area (Å²) in [6.07, 6.45) is 19.1. The number of rotatable bonds is 9. The van der Waals surface area contributed by atoms with Crippen LogP contribution in [0.4, 0.5) is 0 Å². The largest absolute Gasteiger partial charge is 0.392 e. The molecule has 3 aliphatic rings. The van der Waals surface area contributed by atoms with Crippen LogP contribution in [0.3, 0.4) is 0 Å². The SMILES string of the molecule is CCCCC1(C)C(CO)=CCC2C1CCC1(C)C(CCCC(O)c3cccnc3)CCC21. The van der Waals surface area contributed by atoms with Crippen LogP contribution >= 0.6 is 0 Å². The highest BCUT2D eigenvalue weighted by Gasteiger charge is 2.57. The lowest BCUT2D eigenvalue weighted by atomic mass is 9.48. The average molecular weight is 440 g/mol. The minimum atomic E-state index is -0.385. The Bertz CT molecular complexity index is 777. The average Bonchev–Trinajstić information content (AvgIpc) is 3.15. The summed E-state index contributed by atoms with van der Waals surface area (Å²) >= 11 is 0. The summed E-state index contributed by atoms with van der Waals surface area (Å²) in [7, 11) is 0. The van der Waals surface area contributed by atoms with Crippen molar-refractivity contribution in [2.75, 3.05) is 6.61 Å². The zero-order valence-electron chi connectivity index (χ0n) is 20.6. The van der Waals surface area contributed by atoms with Crippen molar-refractivity contribution in [2.45, 2.75) is 97.5 Å². The molecule has 7 atom stereocenters. The molecule has 2 N–H and O–H groups in total. The Hall–Kier alpha value is -1.19. The van der Waals surface area contributed by atoms with Gasteiger partial charge in [-0.1, -0.05) is 52.2 Å². The monoisotopic (exact) mass is 439 g/mol. The van der Waals surface area contributed by atoms with E-state index in [1.165, 1.54) is 63.4 Å². The van der Waals surface area contributed by atoms with Gasteiger partial charge >= 0.3 is 0 Å². The van der Waals surface area contributed by atoms with Crippen LogP contribution in [-0.4, -0.2) is 21.8 Å². The van der Waals surface area contributed by atoms with E-state index in [-0.39, 0.29) is 18.1 Å². The van der Waals surface area contributed by atoms with Crippen LogP contribution in [0.25, 0.3) is 0 Å². The summed E-state index contributed by atoms with van der Waals surface area (Å²) in [6, 6.07) is 3.90. The zero-order chi connectivity index (χ0) is 22.8. The van der Waals surface area contributed by atoms with Crippen molar-refractivity contribution in [3.05, 3.63) is 41.7 Å². The van der Waals surface area contributed by atoms with Crippen LogP contribution in [0.15, 0.2) is 36.2 Å². The van der Waals surface area contributed by atoms with E-state index >= 15 is 0 Å². The number of fused-ring (bicyclic) bond motifs is 3. The first kappa shape index (κ1) is 24.0. The van der Waals surface area contributed by atoms with Crippen LogP contribution in [0, 0.1) is 34.5 Å². The Morgan fingerprint density at radius 1 is 1.16 bits per heavy atom. The Balaban J connectivity index is 1.41. The number of hydrogen-bond acceptors (Lipinski definition) is 3. The molecule has 0 spiro atoms. The molecule has 3 aliphatic carbocycles. The van der Waals surface area contributed by atoms with E-state index in [0.29, 0.717) is 5.41 Å². The van der Waals surface area contributed by atoms with Crippen molar-refractivity contribution in [3.8, 4) is 0 Å². The summed E-state index contributed by atoms with van der Waals surface area (Å²) in [4.78, 5) is 4.16. The fourth-order valence-corrected chi connectivity index (χ4v) is 8.17. The van der Waals surface area contributed by atoms with Crippen molar-refractivity contribution in [2.24, 2.45) is 34.5 Å². The highest BCUT2D eigenvalue weighted by Crippen LogP contribution is 2.65. The molecule has 4 rings (SSSR count). The molecule has 1 aromatic rings. The van der Waals surface area contributed by atoms with Gasteiger partial charge in [-0.15, -0.1) is 0 Å². The normalized spacial score (nSPS) is 37.5. The van der Waals surface area contributed by atoms with Gasteiger partial charge in [0.15, 0.2) is 0 Å². The third-order valence-electron chi connectivity index (χ3n) is 10.1. The van der Waals surface area contributed by atoms with Gasteiger partial charge in [-0.25, -0.2) is 0 Å². The molecular formula is C29H45NO2. The number of nitrogens with zero attached hydrogens (tertiary/aromatic N) is 1. The molecule has 3 nitrogen and oxygen atoms in total. The predicted molar refractivity (Wildman–Crippen MR) is 131 cm³/mol.